The highest BCUT2D eigenvalue weighted by Gasteiger charge is 2.42. The number of likely N-dealkylation sites (tertiary alicyclic amines) is 1. The number of piperazine rings is 1. The van der Waals surface area contributed by atoms with Crippen LogP contribution in [0.2, 0.25) is 0 Å². The predicted molar refractivity (Wildman–Crippen MR) is 155 cm³/mol. The van der Waals surface area contributed by atoms with Gasteiger partial charge in [0.05, 0.1) is 31.9 Å². The molecule has 3 aliphatic heterocycles. The van der Waals surface area contributed by atoms with E-state index in [1.807, 2.05) is 42.2 Å². The van der Waals surface area contributed by atoms with Gasteiger partial charge >= 0.3 is 5.97 Å². The van der Waals surface area contributed by atoms with E-state index in [2.05, 4.69) is 46.5 Å². The first kappa shape index (κ1) is 28.3. The van der Waals surface area contributed by atoms with Crippen LogP contribution in [0.4, 0.5) is 0 Å². The van der Waals surface area contributed by atoms with Crippen LogP contribution in [0.1, 0.15) is 40.4 Å². The van der Waals surface area contributed by atoms with E-state index in [4.69, 9.17) is 9.47 Å². The van der Waals surface area contributed by atoms with Crippen molar-refractivity contribution in [1.29, 1.82) is 0 Å². The third-order valence-corrected chi connectivity index (χ3v) is 8.26. The van der Waals surface area contributed by atoms with Gasteiger partial charge in [-0.05, 0) is 61.7 Å². The molecule has 40 heavy (non-hydrogen) atoms. The third-order valence-electron chi connectivity index (χ3n) is 8.26. The Morgan fingerprint density at radius 1 is 1.05 bits per heavy atom. The Bertz CT molecular complexity index is 1240. The standard InChI is InChI=1S/C31H41N5O4/c1-21-18-24(31(38)39-4)10-11-25(21)22(2)29(23-8-6-5-7-9-23)33-27-20-40-30-26(32-27)12-13-36(30)28(37)19-35-16-14-34(3)15-17-35/h5-11,18,26-27,30,32-33H,12-17,19-20H2,1-4H3/b29-22+. The maximum absolute atomic E-state index is 13.2. The highest BCUT2D eigenvalue weighted by Crippen LogP contribution is 2.29. The summed E-state index contributed by atoms with van der Waals surface area (Å²) in [5, 5.41) is 7.43. The number of esters is 1. The molecule has 0 aliphatic carbocycles. The van der Waals surface area contributed by atoms with Gasteiger partial charge in [-0.15, -0.1) is 0 Å². The second-order valence-electron chi connectivity index (χ2n) is 11.0. The highest BCUT2D eigenvalue weighted by atomic mass is 16.5. The Hall–Kier alpha value is -3.24. The number of fused-ring (bicyclic) bond motifs is 1. The van der Waals surface area contributed by atoms with Crippen LogP contribution in [-0.4, -0.2) is 105 Å². The molecule has 9 heteroatoms. The average Bonchev–Trinajstić information content (AvgIpc) is 3.40. The van der Waals surface area contributed by atoms with Crippen LogP contribution in [0.5, 0.6) is 0 Å². The Kier molecular flexibility index (Phi) is 8.85. The van der Waals surface area contributed by atoms with Crippen molar-refractivity contribution in [2.24, 2.45) is 0 Å². The molecule has 0 aromatic heterocycles. The number of rotatable bonds is 7. The number of carbonyl (C=O) groups excluding carboxylic acids is 2. The van der Waals surface area contributed by atoms with E-state index in [9.17, 15) is 9.59 Å². The van der Waals surface area contributed by atoms with Crippen molar-refractivity contribution >= 4 is 23.1 Å². The van der Waals surface area contributed by atoms with Crippen LogP contribution >= 0.6 is 0 Å². The van der Waals surface area contributed by atoms with Crippen molar-refractivity contribution in [2.75, 3.05) is 60.0 Å². The Morgan fingerprint density at radius 2 is 1.80 bits per heavy atom. The molecule has 3 heterocycles. The number of nitrogens with zero attached hydrogens (tertiary/aromatic N) is 3. The van der Waals surface area contributed by atoms with Gasteiger partial charge in [-0.1, -0.05) is 36.4 Å². The SMILES string of the molecule is COC(=O)c1ccc(/C(C)=C(/NC2COC3C(CCN3C(=O)CN3CCN(C)CC3)N2)c2ccccc2)c(C)c1. The quantitative estimate of drug-likeness (QED) is 0.404. The van der Waals surface area contributed by atoms with Gasteiger partial charge in [0.25, 0.3) is 0 Å². The maximum Gasteiger partial charge on any atom is 0.337 e. The first-order valence-corrected chi connectivity index (χ1v) is 14.1. The maximum atomic E-state index is 13.2. The second kappa shape index (κ2) is 12.5. The van der Waals surface area contributed by atoms with E-state index < -0.39 is 0 Å². The van der Waals surface area contributed by atoms with E-state index in [1.165, 1.54) is 7.11 Å². The number of methoxy groups -OCH3 is 1. The fourth-order valence-electron chi connectivity index (χ4n) is 5.93. The molecule has 1 amide bonds. The van der Waals surface area contributed by atoms with E-state index in [1.54, 1.807) is 6.07 Å². The number of carbonyl (C=O) groups is 2. The molecule has 2 aromatic rings. The molecular weight excluding hydrogens is 506 g/mol. The van der Waals surface area contributed by atoms with Gasteiger partial charge in [-0.25, -0.2) is 4.79 Å². The van der Waals surface area contributed by atoms with Crippen LogP contribution < -0.4 is 10.6 Å². The molecule has 0 bridgehead atoms. The first-order valence-electron chi connectivity index (χ1n) is 14.1. The summed E-state index contributed by atoms with van der Waals surface area (Å²) in [6.07, 6.45) is 0.500. The van der Waals surface area contributed by atoms with Gasteiger partial charge < -0.3 is 24.6 Å². The van der Waals surface area contributed by atoms with Gasteiger partial charge in [-0.3, -0.25) is 15.0 Å². The van der Waals surface area contributed by atoms with Crippen LogP contribution in [0.25, 0.3) is 11.3 Å². The van der Waals surface area contributed by atoms with Gasteiger partial charge in [0.1, 0.15) is 12.4 Å². The molecule has 3 aliphatic rings. The molecule has 9 nitrogen and oxygen atoms in total. The lowest BCUT2D eigenvalue weighted by molar-refractivity contribution is -0.149. The minimum Gasteiger partial charge on any atom is -0.465 e. The first-order chi connectivity index (χ1) is 19.3. The summed E-state index contributed by atoms with van der Waals surface area (Å²) < 4.78 is 11.2. The molecule has 0 saturated carbocycles. The fraction of sp³-hybridized carbons (Fsp3) is 0.484. The normalized spacial score (nSPS) is 24.3. The molecule has 3 saturated heterocycles. The monoisotopic (exact) mass is 547 g/mol. The van der Waals surface area contributed by atoms with E-state index in [0.29, 0.717) is 25.3 Å². The van der Waals surface area contributed by atoms with Crippen molar-refractivity contribution in [3.05, 3.63) is 70.8 Å². The van der Waals surface area contributed by atoms with Crippen molar-refractivity contribution in [2.45, 2.75) is 38.7 Å². The van der Waals surface area contributed by atoms with Gasteiger partial charge in [-0.2, -0.15) is 0 Å². The van der Waals surface area contributed by atoms with E-state index in [-0.39, 0.29) is 30.3 Å². The highest BCUT2D eigenvalue weighted by molar-refractivity contribution is 5.93. The topological polar surface area (TPSA) is 86.4 Å². The third kappa shape index (κ3) is 6.23. The lowest BCUT2D eigenvalue weighted by Crippen LogP contribution is -2.61. The van der Waals surface area contributed by atoms with Crippen LogP contribution in [0.3, 0.4) is 0 Å². The van der Waals surface area contributed by atoms with E-state index in [0.717, 1.165) is 60.6 Å². The number of hydrogen-bond donors (Lipinski definition) is 2. The number of benzene rings is 2. The summed E-state index contributed by atoms with van der Waals surface area (Å²) in [5.74, 6) is -0.194. The molecule has 5 rings (SSSR count). The molecular formula is C31H41N5O4. The molecule has 3 atom stereocenters. The molecule has 3 unspecified atom stereocenters. The van der Waals surface area contributed by atoms with Crippen LogP contribution in [-0.2, 0) is 14.3 Å². The number of likely N-dealkylation sites (N-methyl/N-ethyl adjacent to an activating group) is 1. The largest absolute Gasteiger partial charge is 0.465 e. The van der Waals surface area contributed by atoms with Gasteiger partial charge in [0.2, 0.25) is 5.91 Å². The van der Waals surface area contributed by atoms with E-state index >= 15 is 0 Å². The number of amides is 1. The molecule has 214 valence electrons. The lowest BCUT2D eigenvalue weighted by Gasteiger charge is -2.39. The summed E-state index contributed by atoms with van der Waals surface area (Å²) in [5.41, 5.74) is 5.71. The van der Waals surface area contributed by atoms with Crippen molar-refractivity contribution < 1.29 is 19.1 Å². The number of aryl methyl sites for hydroxylation is 1. The van der Waals surface area contributed by atoms with Crippen molar-refractivity contribution in [1.82, 2.24) is 25.3 Å². The number of hydrogen-bond acceptors (Lipinski definition) is 8. The molecule has 0 spiro atoms. The van der Waals surface area contributed by atoms with Gasteiger partial charge in [0.15, 0.2) is 0 Å². The number of morpholine rings is 1. The Labute approximate surface area is 237 Å². The summed E-state index contributed by atoms with van der Waals surface area (Å²) in [6, 6.07) is 16.0. The smallest absolute Gasteiger partial charge is 0.337 e. The molecule has 2 aromatic carbocycles. The fourth-order valence-corrected chi connectivity index (χ4v) is 5.93. The number of nitrogens with one attached hydrogen (secondary N) is 2. The number of ether oxygens (including phenoxy) is 2. The molecule has 0 radical (unpaired) electrons. The summed E-state index contributed by atoms with van der Waals surface area (Å²) in [6.45, 7) is 9.53. The molecule has 2 N–H and O–H groups in total. The zero-order chi connectivity index (χ0) is 28.2. The summed E-state index contributed by atoms with van der Waals surface area (Å²) in [7, 11) is 3.52. The summed E-state index contributed by atoms with van der Waals surface area (Å²) >= 11 is 0. The zero-order valence-electron chi connectivity index (χ0n) is 24.0. The predicted octanol–water partition coefficient (Wildman–Crippen LogP) is 2.38. The molecule has 3 fully saturated rings. The van der Waals surface area contributed by atoms with Crippen LogP contribution in [0, 0.1) is 6.92 Å². The Morgan fingerprint density at radius 3 is 2.50 bits per heavy atom. The average molecular weight is 548 g/mol. The van der Waals surface area contributed by atoms with Crippen LogP contribution in [0.15, 0.2) is 48.5 Å². The lowest BCUT2D eigenvalue weighted by atomic mass is 9.95. The Balaban J connectivity index is 1.29. The van der Waals surface area contributed by atoms with Gasteiger partial charge in [0, 0.05) is 38.4 Å². The summed E-state index contributed by atoms with van der Waals surface area (Å²) in [4.78, 5) is 31.7. The second-order valence-corrected chi connectivity index (χ2v) is 11.0. The minimum absolute atomic E-state index is 0.0705. The minimum atomic E-state index is -0.344. The van der Waals surface area contributed by atoms with Crippen molar-refractivity contribution in [3.8, 4) is 0 Å². The van der Waals surface area contributed by atoms with Crippen molar-refractivity contribution in [3.63, 3.8) is 0 Å². The zero-order valence-corrected chi connectivity index (χ0v) is 24.0. The number of allylic oxidation sites excluding steroid dienone is 1.